The monoisotopic (exact) mass is 500 g/mol. The molecule has 10 nitrogen and oxygen atoms in total. The van der Waals surface area contributed by atoms with Crippen LogP contribution in [-0.4, -0.2) is 40.1 Å². The van der Waals surface area contributed by atoms with Crippen LogP contribution in [0.15, 0.2) is 58.8 Å². The van der Waals surface area contributed by atoms with Gasteiger partial charge in [0.2, 0.25) is 5.91 Å². The second-order valence-electron chi connectivity index (χ2n) is 6.75. The molecule has 0 fully saturated rings. The van der Waals surface area contributed by atoms with Crippen molar-refractivity contribution in [2.45, 2.75) is 18.2 Å². The Kier molecular flexibility index (Phi) is 8.71. The Labute approximate surface area is 202 Å². The zero-order valence-electron chi connectivity index (χ0n) is 18.0. The first-order valence-corrected chi connectivity index (χ1v) is 11.9. The van der Waals surface area contributed by atoms with Crippen LogP contribution in [0.3, 0.4) is 0 Å². The number of thioether (sulfide) groups is 1. The highest BCUT2D eigenvalue weighted by Crippen LogP contribution is 2.22. The third kappa shape index (κ3) is 7.39. The van der Waals surface area contributed by atoms with Crippen LogP contribution in [0.4, 0.5) is 16.5 Å². The summed E-state index contributed by atoms with van der Waals surface area (Å²) >= 11 is 2.53. The highest BCUT2D eigenvalue weighted by Gasteiger charge is 2.13. The van der Waals surface area contributed by atoms with Crippen molar-refractivity contribution in [3.8, 4) is 0 Å². The minimum atomic E-state index is -0.560. The molecule has 34 heavy (non-hydrogen) atoms. The molecule has 3 rings (SSSR count). The molecule has 0 spiro atoms. The summed E-state index contributed by atoms with van der Waals surface area (Å²) in [7, 11) is 0. The van der Waals surface area contributed by atoms with Crippen molar-refractivity contribution in [3.63, 3.8) is 0 Å². The lowest BCUT2D eigenvalue weighted by molar-refractivity contribution is -0.384. The number of hydrogen-bond donors (Lipinski definition) is 2. The molecule has 0 bridgehead atoms. The van der Waals surface area contributed by atoms with Gasteiger partial charge in [-0.05, 0) is 37.3 Å². The number of esters is 1. The fourth-order valence-corrected chi connectivity index (χ4v) is 4.13. The Bertz CT molecular complexity index is 1200. The van der Waals surface area contributed by atoms with E-state index in [0.717, 1.165) is 4.90 Å². The quantitative estimate of drug-likeness (QED) is 0.183. The van der Waals surface area contributed by atoms with Crippen molar-refractivity contribution in [2.24, 2.45) is 0 Å². The predicted octanol–water partition coefficient (Wildman–Crippen LogP) is 4.14. The maximum Gasteiger partial charge on any atom is 0.311 e. The van der Waals surface area contributed by atoms with Gasteiger partial charge in [-0.3, -0.25) is 24.5 Å². The van der Waals surface area contributed by atoms with Crippen LogP contribution in [0, 0.1) is 10.1 Å². The van der Waals surface area contributed by atoms with Crippen LogP contribution in [-0.2, 0) is 20.7 Å². The molecule has 0 saturated carbocycles. The molecular formula is C22H20N4O6S2. The molecule has 0 saturated heterocycles. The molecule has 2 N–H and O–H groups in total. The predicted molar refractivity (Wildman–Crippen MR) is 129 cm³/mol. The summed E-state index contributed by atoms with van der Waals surface area (Å²) in [5, 5.41) is 18.3. The van der Waals surface area contributed by atoms with Crippen LogP contribution in [0.1, 0.15) is 23.0 Å². The fraction of sp³-hybridized carbons (Fsp3) is 0.182. The van der Waals surface area contributed by atoms with Gasteiger partial charge in [0.05, 0.1) is 29.4 Å². The number of carbonyl (C=O) groups excluding carboxylic acids is 3. The molecule has 2 amide bonds. The maximum absolute atomic E-state index is 12.3. The number of ether oxygens (including phenoxy) is 1. The summed E-state index contributed by atoms with van der Waals surface area (Å²) in [5.74, 6) is -0.933. The topological polar surface area (TPSA) is 141 Å². The van der Waals surface area contributed by atoms with E-state index in [4.69, 9.17) is 4.74 Å². The summed E-state index contributed by atoms with van der Waals surface area (Å²) < 4.78 is 4.88. The SMILES string of the molecule is CCOC(=O)Cc1csc(NC(=O)CSc2ccc(NC(=O)c3cccc([N+](=O)[O-])c3)cc2)n1. The molecule has 0 aliphatic carbocycles. The van der Waals surface area contributed by atoms with Gasteiger partial charge in [0.15, 0.2) is 5.13 Å². The van der Waals surface area contributed by atoms with Gasteiger partial charge in [-0.15, -0.1) is 23.1 Å². The lowest BCUT2D eigenvalue weighted by atomic mass is 10.2. The van der Waals surface area contributed by atoms with E-state index in [1.54, 1.807) is 36.6 Å². The number of amides is 2. The smallest absolute Gasteiger partial charge is 0.311 e. The summed E-state index contributed by atoms with van der Waals surface area (Å²) in [5.41, 5.74) is 1.07. The van der Waals surface area contributed by atoms with Crippen molar-refractivity contribution >= 4 is 57.4 Å². The number of nitrogens with zero attached hydrogens (tertiary/aromatic N) is 2. The Hall–Kier alpha value is -3.77. The van der Waals surface area contributed by atoms with Crippen molar-refractivity contribution in [1.29, 1.82) is 0 Å². The molecule has 1 heterocycles. The Balaban J connectivity index is 1.47. The molecule has 0 aliphatic heterocycles. The number of nitrogens with one attached hydrogen (secondary N) is 2. The maximum atomic E-state index is 12.3. The van der Waals surface area contributed by atoms with Gasteiger partial charge in [0, 0.05) is 33.7 Å². The number of benzene rings is 2. The van der Waals surface area contributed by atoms with Gasteiger partial charge in [-0.2, -0.15) is 0 Å². The zero-order chi connectivity index (χ0) is 24.5. The summed E-state index contributed by atoms with van der Waals surface area (Å²) in [6, 6.07) is 12.3. The lowest BCUT2D eigenvalue weighted by Crippen LogP contribution is -2.14. The molecule has 0 atom stereocenters. The third-order valence-electron chi connectivity index (χ3n) is 4.23. The molecule has 3 aromatic rings. The number of hydrogen-bond acceptors (Lipinski definition) is 9. The largest absolute Gasteiger partial charge is 0.466 e. The van der Waals surface area contributed by atoms with Crippen LogP contribution in [0.5, 0.6) is 0 Å². The van der Waals surface area contributed by atoms with Gasteiger partial charge in [0.25, 0.3) is 11.6 Å². The molecule has 0 radical (unpaired) electrons. The minimum absolute atomic E-state index is 0.0546. The Morgan fingerprint density at radius 3 is 2.62 bits per heavy atom. The van der Waals surface area contributed by atoms with Crippen LogP contribution >= 0.6 is 23.1 Å². The number of non-ortho nitro benzene ring substituents is 1. The van der Waals surface area contributed by atoms with E-state index in [-0.39, 0.29) is 35.3 Å². The first-order valence-electron chi connectivity index (χ1n) is 10.0. The molecule has 1 aromatic heterocycles. The summed E-state index contributed by atoms with van der Waals surface area (Å²) in [4.78, 5) is 51.4. The fourth-order valence-electron chi connectivity index (χ4n) is 2.71. The number of nitro groups is 1. The summed E-state index contributed by atoms with van der Waals surface area (Å²) in [6.45, 7) is 2.03. The Morgan fingerprint density at radius 2 is 1.91 bits per heavy atom. The third-order valence-corrected chi connectivity index (χ3v) is 6.05. The van der Waals surface area contributed by atoms with E-state index in [1.807, 2.05) is 0 Å². The van der Waals surface area contributed by atoms with Gasteiger partial charge in [-0.25, -0.2) is 4.98 Å². The zero-order valence-corrected chi connectivity index (χ0v) is 19.6. The number of rotatable bonds is 10. The first kappa shape index (κ1) is 24.9. The number of carbonyl (C=O) groups is 3. The van der Waals surface area contributed by atoms with Gasteiger partial charge in [-0.1, -0.05) is 6.07 Å². The van der Waals surface area contributed by atoms with E-state index in [2.05, 4.69) is 15.6 Å². The average Bonchev–Trinajstić information content (AvgIpc) is 3.25. The van der Waals surface area contributed by atoms with E-state index >= 15 is 0 Å². The van der Waals surface area contributed by atoms with E-state index in [9.17, 15) is 24.5 Å². The molecule has 12 heteroatoms. The highest BCUT2D eigenvalue weighted by atomic mass is 32.2. The number of anilines is 2. The lowest BCUT2D eigenvalue weighted by Gasteiger charge is -2.07. The van der Waals surface area contributed by atoms with Crippen molar-refractivity contribution in [3.05, 3.63) is 75.3 Å². The minimum Gasteiger partial charge on any atom is -0.466 e. The van der Waals surface area contributed by atoms with E-state index in [1.165, 1.54) is 47.4 Å². The molecular weight excluding hydrogens is 480 g/mol. The van der Waals surface area contributed by atoms with E-state index in [0.29, 0.717) is 23.1 Å². The van der Waals surface area contributed by atoms with Crippen LogP contribution < -0.4 is 10.6 Å². The Morgan fingerprint density at radius 1 is 1.15 bits per heavy atom. The van der Waals surface area contributed by atoms with Gasteiger partial charge in [0.1, 0.15) is 0 Å². The van der Waals surface area contributed by atoms with Crippen molar-refractivity contribution < 1.29 is 24.0 Å². The molecule has 0 aliphatic rings. The first-order chi connectivity index (χ1) is 16.3. The van der Waals surface area contributed by atoms with Crippen molar-refractivity contribution in [1.82, 2.24) is 4.98 Å². The standard InChI is InChI=1S/C22H20N4O6S2/c1-2-32-20(28)11-16-12-34-22(24-16)25-19(27)13-33-18-8-6-15(7-9-18)23-21(29)14-4-3-5-17(10-14)26(30)31/h3-10,12H,2,11,13H2,1H3,(H,23,29)(H,24,25,27). The normalized spacial score (nSPS) is 10.4. The van der Waals surface area contributed by atoms with Gasteiger partial charge < -0.3 is 15.4 Å². The number of thiazole rings is 1. The van der Waals surface area contributed by atoms with Gasteiger partial charge >= 0.3 is 5.97 Å². The second kappa shape index (κ2) is 11.9. The van der Waals surface area contributed by atoms with Crippen LogP contribution in [0.25, 0.3) is 0 Å². The van der Waals surface area contributed by atoms with E-state index < -0.39 is 10.8 Å². The molecule has 0 unspecified atom stereocenters. The number of aromatic nitrogens is 1. The molecule has 2 aromatic carbocycles. The summed E-state index contributed by atoms with van der Waals surface area (Å²) in [6.07, 6.45) is 0.0546. The van der Waals surface area contributed by atoms with Crippen LogP contribution in [0.2, 0.25) is 0 Å². The van der Waals surface area contributed by atoms with Crippen molar-refractivity contribution in [2.75, 3.05) is 23.0 Å². The second-order valence-corrected chi connectivity index (χ2v) is 8.66. The number of nitro benzene ring substituents is 1. The highest BCUT2D eigenvalue weighted by molar-refractivity contribution is 8.00. The molecule has 176 valence electrons. The average molecular weight is 501 g/mol.